The second-order valence-electron chi connectivity index (χ2n) is 9.63. The molecule has 2 fully saturated rings. The van der Waals surface area contributed by atoms with Crippen LogP contribution in [0.1, 0.15) is 42.8 Å². The van der Waals surface area contributed by atoms with E-state index in [9.17, 15) is 14.4 Å². The van der Waals surface area contributed by atoms with Crippen molar-refractivity contribution in [1.82, 2.24) is 20.1 Å². The van der Waals surface area contributed by atoms with Crippen molar-refractivity contribution in [2.45, 2.75) is 37.8 Å². The fourth-order valence-electron chi connectivity index (χ4n) is 5.28. The molecule has 1 aromatic heterocycles. The van der Waals surface area contributed by atoms with Crippen molar-refractivity contribution in [2.75, 3.05) is 13.1 Å². The minimum atomic E-state index is -1.23. The highest BCUT2D eigenvalue weighted by Crippen LogP contribution is 2.36. The lowest BCUT2D eigenvalue weighted by atomic mass is 9.90. The Morgan fingerprint density at radius 1 is 1.06 bits per heavy atom. The second-order valence-corrected chi connectivity index (χ2v) is 10.7. The number of hydrogen-bond donors (Lipinski definition) is 1. The van der Waals surface area contributed by atoms with Gasteiger partial charge in [-0.15, -0.1) is 11.3 Å². The molecule has 2 aliphatic rings. The van der Waals surface area contributed by atoms with Crippen LogP contribution in [-0.2, 0) is 15.1 Å². The predicted molar refractivity (Wildman–Crippen MR) is 139 cm³/mol. The van der Waals surface area contributed by atoms with Crippen LogP contribution >= 0.6 is 11.3 Å². The van der Waals surface area contributed by atoms with E-state index in [1.54, 1.807) is 23.2 Å². The Balaban J connectivity index is 1.24. The van der Waals surface area contributed by atoms with Gasteiger partial charge in [-0.1, -0.05) is 48.5 Å². The molecule has 2 atom stereocenters. The van der Waals surface area contributed by atoms with Crippen LogP contribution in [0.2, 0.25) is 0 Å². The molecule has 0 radical (unpaired) electrons. The molecule has 2 saturated heterocycles. The summed E-state index contributed by atoms with van der Waals surface area (Å²) in [5.41, 5.74) is 0.394. The van der Waals surface area contributed by atoms with Gasteiger partial charge in [-0.25, -0.2) is 9.78 Å². The number of piperidine rings is 1. The fourth-order valence-corrected chi connectivity index (χ4v) is 6.40. The smallest absolute Gasteiger partial charge is 0.325 e. The lowest BCUT2D eigenvalue weighted by molar-refractivity contribution is -0.141. The number of amides is 4. The largest absolute Gasteiger partial charge is 0.332 e. The highest BCUT2D eigenvalue weighted by Gasteiger charge is 2.50. The maximum absolute atomic E-state index is 13.5. The van der Waals surface area contributed by atoms with Gasteiger partial charge in [0.15, 0.2) is 0 Å². The maximum atomic E-state index is 13.5. The number of aromatic nitrogens is 1. The summed E-state index contributed by atoms with van der Waals surface area (Å²) in [4.78, 5) is 47.6. The molecule has 3 heterocycles. The van der Waals surface area contributed by atoms with Crippen molar-refractivity contribution >= 4 is 50.2 Å². The van der Waals surface area contributed by atoms with Crippen molar-refractivity contribution in [3.05, 3.63) is 77.3 Å². The summed E-state index contributed by atoms with van der Waals surface area (Å²) >= 11 is 1.60. The van der Waals surface area contributed by atoms with Gasteiger partial charge in [0.25, 0.3) is 5.91 Å². The van der Waals surface area contributed by atoms with Crippen LogP contribution < -0.4 is 5.32 Å². The Labute approximate surface area is 212 Å². The molecule has 0 spiro atoms. The van der Waals surface area contributed by atoms with E-state index in [4.69, 9.17) is 4.98 Å². The third-order valence-corrected chi connectivity index (χ3v) is 8.45. The van der Waals surface area contributed by atoms with Gasteiger partial charge in [0.2, 0.25) is 5.91 Å². The third-order valence-electron chi connectivity index (χ3n) is 7.31. The number of para-hydroxylation sites is 1. The van der Waals surface area contributed by atoms with Crippen LogP contribution in [0, 0.1) is 0 Å². The van der Waals surface area contributed by atoms with Gasteiger partial charge < -0.3 is 10.2 Å². The van der Waals surface area contributed by atoms with Crippen LogP contribution in [0.3, 0.4) is 0 Å². The van der Waals surface area contributed by atoms with Crippen molar-refractivity contribution in [3.63, 3.8) is 0 Å². The molecular weight excluding hydrogens is 472 g/mol. The lowest BCUT2D eigenvalue weighted by Gasteiger charge is -2.35. The second kappa shape index (κ2) is 8.71. The van der Waals surface area contributed by atoms with Gasteiger partial charge in [-0.05, 0) is 60.7 Å². The summed E-state index contributed by atoms with van der Waals surface area (Å²) in [7, 11) is 0. The molecule has 36 heavy (non-hydrogen) atoms. The number of nitrogens with zero attached hydrogens (tertiary/aromatic N) is 3. The summed E-state index contributed by atoms with van der Waals surface area (Å²) in [6.45, 7) is 2.01. The first-order valence-corrected chi connectivity index (χ1v) is 13.0. The Morgan fingerprint density at radius 3 is 2.67 bits per heavy atom. The van der Waals surface area contributed by atoms with Gasteiger partial charge in [-0.2, -0.15) is 0 Å². The monoisotopic (exact) mass is 498 g/mol. The number of thiazole rings is 1. The zero-order valence-corrected chi connectivity index (χ0v) is 20.8. The number of urea groups is 1. The van der Waals surface area contributed by atoms with E-state index >= 15 is 0 Å². The average molecular weight is 499 g/mol. The van der Waals surface area contributed by atoms with Crippen LogP contribution in [0.4, 0.5) is 4.79 Å². The molecule has 182 valence electrons. The topological polar surface area (TPSA) is 82.6 Å². The number of fused-ring (bicyclic) bond motifs is 2. The molecule has 0 saturated carbocycles. The lowest BCUT2D eigenvalue weighted by Crippen LogP contribution is -2.46. The Bertz CT molecular complexity index is 1480. The highest BCUT2D eigenvalue weighted by molar-refractivity contribution is 7.18. The minimum absolute atomic E-state index is 0.142. The first kappa shape index (κ1) is 22.7. The quantitative estimate of drug-likeness (QED) is 0.403. The molecule has 2 aliphatic heterocycles. The van der Waals surface area contributed by atoms with Crippen molar-refractivity contribution in [2.24, 2.45) is 0 Å². The van der Waals surface area contributed by atoms with Gasteiger partial charge in [0.1, 0.15) is 17.1 Å². The molecule has 0 bridgehead atoms. The Kier molecular flexibility index (Phi) is 5.48. The zero-order valence-electron chi connectivity index (χ0n) is 19.9. The molecular formula is C28H26N4O3S. The van der Waals surface area contributed by atoms with Gasteiger partial charge in [0, 0.05) is 6.54 Å². The van der Waals surface area contributed by atoms with Crippen LogP contribution in [0.25, 0.3) is 21.0 Å². The molecule has 1 N–H and O–H groups in total. The number of benzene rings is 3. The van der Waals surface area contributed by atoms with Gasteiger partial charge in [-0.3, -0.25) is 14.5 Å². The summed E-state index contributed by atoms with van der Waals surface area (Å²) < 4.78 is 1.09. The van der Waals surface area contributed by atoms with Crippen molar-refractivity contribution < 1.29 is 14.4 Å². The van der Waals surface area contributed by atoms with Crippen molar-refractivity contribution in [1.29, 1.82) is 0 Å². The minimum Gasteiger partial charge on any atom is -0.332 e. The van der Waals surface area contributed by atoms with Gasteiger partial charge in [0.05, 0.1) is 16.3 Å². The number of carbonyl (C=O) groups is 3. The zero-order chi connectivity index (χ0) is 24.9. The number of hydrogen-bond acceptors (Lipinski definition) is 5. The molecule has 7 nitrogen and oxygen atoms in total. The molecule has 0 unspecified atom stereocenters. The standard InChI is InChI=1S/C28H26N4O3S/c1-28(20-14-13-18-8-2-3-9-19(18)16-20)26(34)32(27(35)30-28)17-24(33)31-15-7-6-11-22(31)25-29-21-10-4-5-12-23(21)36-25/h2-5,8-10,12-14,16,22H,6-7,11,15,17H2,1H3,(H,30,35)/t22-,28-/m0/s1. The van der Waals surface area contributed by atoms with E-state index in [0.717, 1.165) is 50.2 Å². The summed E-state index contributed by atoms with van der Waals surface area (Å²) in [6.07, 6.45) is 2.72. The summed E-state index contributed by atoms with van der Waals surface area (Å²) in [5.74, 6) is -0.644. The van der Waals surface area contributed by atoms with E-state index in [1.165, 1.54) is 0 Å². The molecule has 4 amide bonds. The number of rotatable bonds is 4. The molecule has 6 rings (SSSR count). The molecule has 4 aromatic rings. The normalized spacial score (nSPS) is 22.4. The van der Waals surface area contributed by atoms with E-state index in [2.05, 4.69) is 5.32 Å². The van der Waals surface area contributed by atoms with Crippen LogP contribution in [0.15, 0.2) is 66.7 Å². The molecule has 3 aromatic carbocycles. The highest BCUT2D eigenvalue weighted by atomic mass is 32.1. The number of nitrogens with one attached hydrogen (secondary N) is 1. The summed E-state index contributed by atoms with van der Waals surface area (Å²) in [6, 6.07) is 20.9. The SMILES string of the molecule is C[C@@]1(c2ccc3ccccc3c2)NC(=O)N(CC(=O)N2CCCC[C@H]2c2nc3ccccc3s2)C1=O. The number of imide groups is 1. The van der Waals surface area contributed by atoms with E-state index in [-0.39, 0.29) is 18.5 Å². The van der Waals surface area contributed by atoms with E-state index in [1.807, 2.05) is 66.7 Å². The summed E-state index contributed by atoms with van der Waals surface area (Å²) in [5, 5.41) is 5.78. The molecule has 0 aliphatic carbocycles. The van der Waals surface area contributed by atoms with Crippen LogP contribution in [-0.4, -0.2) is 45.7 Å². The first-order chi connectivity index (χ1) is 17.4. The maximum Gasteiger partial charge on any atom is 0.325 e. The van der Waals surface area contributed by atoms with Crippen LogP contribution in [0.5, 0.6) is 0 Å². The van der Waals surface area contributed by atoms with Gasteiger partial charge >= 0.3 is 6.03 Å². The number of likely N-dealkylation sites (tertiary alicyclic amines) is 1. The third kappa shape index (κ3) is 3.73. The van der Waals surface area contributed by atoms with E-state index in [0.29, 0.717) is 12.1 Å². The predicted octanol–water partition coefficient (Wildman–Crippen LogP) is 4.97. The number of carbonyl (C=O) groups excluding carboxylic acids is 3. The Morgan fingerprint density at radius 2 is 1.83 bits per heavy atom. The van der Waals surface area contributed by atoms with E-state index < -0.39 is 17.5 Å². The Hall–Kier alpha value is -3.78. The average Bonchev–Trinajstić information content (AvgIpc) is 3.43. The first-order valence-electron chi connectivity index (χ1n) is 12.2. The molecule has 8 heteroatoms. The van der Waals surface area contributed by atoms with Crippen molar-refractivity contribution in [3.8, 4) is 0 Å². The fraction of sp³-hybridized carbons (Fsp3) is 0.286.